The van der Waals surface area contributed by atoms with Crippen LogP contribution in [0.1, 0.15) is 110 Å². The Kier molecular flexibility index (Phi) is 20.9. The van der Waals surface area contributed by atoms with Crippen LogP contribution >= 0.6 is 0 Å². The van der Waals surface area contributed by atoms with Gasteiger partial charge in [0.25, 0.3) is 0 Å². The van der Waals surface area contributed by atoms with Crippen molar-refractivity contribution in [2.75, 3.05) is 19.8 Å². The summed E-state index contributed by atoms with van der Waals surface area (Å²) in [6, 6.07) is 0. The van der Waals surface area contributed by atoms with Crippen LogP contribution in [0.4, 0.5) is 0 Å². The van der Waals surface area contributed by atoms with Gasteiger partial charge in [0, 0.05) is 6.42 Å². The molecule has 6 atom stereocenters. The molecule has 0 radical (unpaired) electrons. The van der Waals surface area contributed by atoms with Crippen LogP contribution < -0.4 is 0 Å². The van der Waals surface area contributed by atoms with Crippen molar-refractivity contribution in [3.8, 4) is 0 Å². The maximum atomic E-state index is 12.1. The normalized spacial score (nSPS) is 24.6. The lowest BCUT2D eigenvalue weighted by Gasteiger charge is -2.39. The van der Waals surface area contributed by atoms with Gasteiger partial charge in [-0.2, -0.15) is 0 Å². The molecule has 0 aromatic rings. The fraction of sp³-hybridized carbons (Fsp3) is 0.897. The van der Waals surface area contributed by atoms with Crippen LogP contribution in [0.5, 0.6) is 0 Å². The number of carbonyl (C=O) groups excluding carboxylic acids is 1. The van der Waals surface area contributed by atoms with Crippen molar-refractivity contribution in [2.45, 2.75) is 146 Å². The molecule has 0 saturated carbocycles. The van der Waals surface area contributed by atoms with E-state index in [-0.39, 0.29) is 13.0 Å². The zero-order valence-corrected chi connectivity index (χ0v) is 23.4. The average Bonchev–Trinajstić information content (AvgIpc) is 2.92. The first kappa shape index (κ1) is 35.0. The first-order chi connectivity index (χ1) is 18.4. The van der Waals surface area contributed by atoms with Crippen molar-refractivity contribution in [1.29, 1.82) is 0 Å². The van der Waals surface area contributed by atoms with Gasteiger partial charge in [0.1, 0.15) is 30.5 Å². The molecule has 0 aliphatic carbocycles. The van der Waals surface area contributed by atoms with Gasteiger partial charge in [0.05, 0.1) is 19.8 Å². The van der Waals surface area contributed by atoms with E-state index in [1.165, 1.54) is 57.8 Å². The zero-order chi connectivity index (χ0) is 28.0. The van der Waals surface area contributed by atoms with Gasteiger partial charge in [0.2, 0.25) is 0 Å². The van der Waals surface area contributed by atoms with Crippen molar-refractivity contribution < 1.29 is 44.5 Å². The fourth-order valence-corrected chi connectivity index (χ4v) is 4.47. The first-order valence-corrected chi connectivity index (χ1v) is 14.8. The van der Waals surface area contributed by atoms with Gasteiger partial charge in [-0.1, -0.05) is 83.3 Å². The smallest absolute Gasteiger partial charge is 0.306 e. The standard InChI is InChI=1S/C29H54O9/c1-2-3-4-5-6-7-8-9-10-11-12-13-14-15-16-17-18-19-25(32)37-23(20-30)22-36-29-28(35)27(34)26(33)24(21-31)38-29/h11-12,23-24,26-31,33-35H,2-10,13-22H2,1H3/b12-11-/t23?,24-,26-,27+,28-,29-/m1/s1. The monoisotopic (exact) mass is 546 g/mol. The predicted octanol–water partition coefficient (Wildman–Crippen LogP) is 3.52. The molecule has 1 aliphatic rings. The molecular weight excluding hydrogens is 492 g/mol. The lowest BCUT2D eigenvalue weighted by molar-refractivity contribution is -0.305. The molecule has 9 nitrogen and oxygen atoms in total. The molecule has 1 fully saturated rings. The van der Waals surface area contributed by atoms with E-state index in [4.69, 9.17) is 14.2 Å². The quantitative estimate of drug-likeness (QED) is 0.0738. The van der Waals surface area contributed by atoms with E-state index in [0.29, 0.717) is 6.42 Å². The number of allylic oxidation sites excluding steroid dienone is 2. The third-order valence-electron chi connectivity index (χ3n) is 6.94. The van der Waals surface area contributed by atoms with E-state index in [9.17, 15) is 30.3 Å². The highest BCUT2D eigenvalue weighted by atomic mass is 16.7. The summed E-state index contributed by atoms with van der Waals surface area (Å²) < 4.78 is 15.8. The van der Waals surface area contributed by atoms with Crippen molar-refractivity contribution in [3.63, 3.8) is 0 Å². The molecule has 5 N–H and O–H groups in total. The molecule has 1 saturated heterocycles. The van der Waals surface area contributed by atoms with E-state index < -0.39 is 56.0 Å². The summed E-state index contributed by atoms with van der Waals surface area (Å²) >= 11 is 0. The number of ether oxygens (including phenoxy) is 3. The summed E-state index contributed by atoms with van der Waals surface area (Å²) in [6.45, 7) is 0.939. The minimum absolute atomic E-state index is 0.245. The average molecular weight is 547 g/mol. The zero-order valence-electron chi connectivity index (χ0n) is 23.4. The van der Waals surface area contributed by atoms with Crippen LogP contribution in [-0.2, 0) is 19.0 Å². The molecular formula is C29H54O9. The van der Waals surface area contributed by atoms with Crippen LogP contribution in [0.25, 0.3) is 0 Å². The minimum atomic E-state index is -1.56. The summed E-state index contributed by atoms with van der Waals surface area (Å²) in [5, 5.41) is 48.3. The summed E-state index contributed by atoms with van der Waals surface area (Å²) in [4.78, 5) is 12.1. The Hall–Kier alpha value is -1.07. The number of hydrogen-bond donors (Lipinski definition) is 5. The highest BCUT2D eigenvalue weighted by molar-refractivity contribution is 5.69. The fourth-order valence-electron chi connectivity index (χ4n) is 4.47. The molecule has 1 unspecified atom stereocenters. The number of hydrogen-bond acceptors (Lipinski definition) is 9. The van der Waals surface area contributed by atoms with E-state index in [1.807, 2.05) is 0 Å². The SMILES string of the molecule is CCCCCCCCCC/C=C\CCCCCCCC(=O)OC(CO)CO[C@@H]1O[C@H](CO)[C@@H](O)[C@H](O)[C@H]1O. The number of rotatable bonds is 23. The Balaban J connectivity index is 2.02. The molecule has 1 rings (SSSR count). The minimum Gasteiger partial charge on any atom is -0.457 e. The van der Waals surface area contributed by atoms with Gasteiger partial charge in [0.15, 0.2) is 6.29 Å². The van der Waals surface area contributed by atoms with Crippen LogP contribution in [-0.4, -0.2) is 88.1 Å². The Morgan fingerprint density at radius 2 is 1.34 bits per heavy atom. The molecule has 0 aromatic carbocycles. The third kappa shape index (κ3) is 15.5. The van der Waals surface area contributed by atoms with Crippen LogP contribution in [0.3, 0.4) is 0 Å². The number of aliphatic hydroxyl groups excluding tert-OH is 5. The predicted molar refractivity (Wildman–Crippen MR) is 145 cm³/mol. The Bertz CT molecular complexity index is 599. The van der Waals surface area contributed by atoms with E-state index in [1.54, 1.807) is 0 Å². The van der Waals surface area contributed by atoms with Crippen molar-refractivity contribution in [3.05, 3.63) is 12.2 Å². The maximum absolute atomic E-state index is 12.1. The van der Waals surface area contributed by atoms with E-state index in [0.717, 1.165) is 32.1 Å². The van der Waals surface area contributed by atoms with Crippen molar-refractivity contribution >= 4 is 5.97 Å². The van der Waals surface area contributed by atoms with Gasteiger partial charge in [-0.25, -0.2) is 0 Å². The highest BCUT2D eigenvalue weighted by Gasteiger charge is 2.44. The Morgan fingerprint density at radius 1 is 0.789 bits per heavy atom. The second kappa shape index (κ2) is 22.7. The largest absolute Gasteiger partial charge is 0.457 e. The van der Waals surface area contributed by atoms with Gasteiger partial charge >= 0.3 is 5.97 Å². The van der Waals surface area contributed by atoms with Gasteiger partial charge < -0.3 is 39.7 Å². The molecule has 224 valence electrons. The van der Waals surface area contributed by atoms with Gasteiger partial charge in [-0.05, 0) is 32.1 Å². The summed E-state index contributed by atoms with van der Waals surface area (Å²) in [7, 11) is 0. The summed E-state index contributed by atoms with van der Waals surface area (Å²) in [5.41, 5.74) is 0. The topological polar surface area (TPSA) is 146 Å². The van der Waals surface area contributed by atoms with Crippen LogP contribution in [0.2, 0.25) is 0 Å². The molecule has 0 spiro atoms. The maximum Gasteiger partial charge on any atom is 0.306 e. The van der Waals surface area contributed by atoms with E-state index >= 15 is 0 Å². The number of aliphatic hydroxyl groups is 5. The molecule has 0 amide bonds. The second-order valence-electron chi connectivity index (χ2n) is 10.4. The molecule has 0 bridgehead atoms. The van der Waals surface area contributed by atoms with Gasteiger partial charge in [-0.15, -0.1) is 0 Å². The first-order valence-electron chi connectivity index (χ1n) is 14.8. The van der Waals surface area contributed by atoms with Crippen LogP contribution in [0.15, 0.2) is 12.2 Å². The number of unbranched alkanes of at least 4 members (excludes halogenated alkanes) is 13. The highest BCUT2D eigenvalue weighted by Crippen LogP contribution is 2.22. The van der Waals surface area contributed by atoms with Crippen molar-refractivity contribution in [1.82, 2.24) is 0 Å². The van der Waals surface area contributed by atoms with E-state index in [2.05, 4.69) is 19.1 Å². The Labute approximate surface area is 229 Å². The molecule has 9 heteroatoms. The lowest BCUT2D eigenvalue weighted by Crippen LogP contribution is -2.59. The summed E-state index contributed by atoms with van der Waals surface area (Å²) in [5.74, 6) is -0.439. The van der Waals surface area contributed by atoms with Crippen molar-refractivity contribution in [2.24, 2.45) is 0 Å². The third-order valence-corrected chi connectivity index (χ3v) is 6.94. The van der Waals surface area contributed by atoms with Crippen LogP contribution in [0, 0.1) is 0 Å². The summed E-state index contributed by atoms with van der Waals surface area (Å²) in [6.07, 6.45) is 15.0. The Morgan fingerprint density at radius 3 is 1.89 bits per heavy atom. The lowest BCUT2D eigenvalue weighted by atomic mass is 9.99. The molecule has 1 heterocycles. The number of carbonyl (C=O) groups is 1. The molecule has 38 heavy (non-hydrogen) atoms. The number of esters is 1. The van der Waals surface area contributed by atoms with Gasteiger partial charge in [-0.3, -0.25) is 4.79 Å². The molecule has 0 aromatic heterocycles. The second-order valence-corrected chi connectivity index (χ2v) is 10.4. The molecule has 1 aliphatic heterocycles.